The second kappa shape index (κ2) is 7.22. The van der Waals surface area contributed by atoms with E-state index < -0.39 is 0 Å². The maximum absolute atomic E-state index is 5.83. The van der Waals surface area contributed by atoms with Gasteiger partial charge in [-0.2, -0.15) is 4.98 Å². The van der Waals surface area contributed by atoms with Gasteiger partial charge in [-0.15, -0.1) is 0 Å². The van der Waals surface area contributed by atoms with Crippen LogP contribution in [0.3, 0.4) is 0 Å². The molecule has 5 nitrogen and oxygen atoms in total. The molecule has 0 radical (unpaired) electrons. The van der Waals surface area contributed by atoms with Crippen molar-refractivity contribution in [1.29, 1.82) is 0 Å². The normalized spacial score (nSPS) is 12.6. The molecule has 2 rings (SSSR count). The summed E-state index contributed by atoms with van der Waals surface area (Å²) in [6, 6.07) is 7.70. The highest BCUT2D eigenvalue weighted by molar-refractivity contribution is 5.63. The zero-order valence-corrected chi connectivity index (χ0v) is 12.9. The molecule has 1 unspecified atom stereocenters. The summed E-state index contributed by atoms with van der Waals surface area (Å²) in [5, 5.41) is 4.08. The number of hydrogen-bond acceptors (Lipinski definition) is 5. The highest BCUT2D eigenvalue weighted by Crippen LogP contribution is 2.29. The van der Waals surface area contributed by atoms with Gasteiger partial charge in [0.05, 0.1) is 18.1 Å². The Morgan fingerprint density at radius 2 is 2.05 bits per heavy atom. The van der Waals surface area contributed by atoms with Crippen molar-refractivity contribution >= 4 is 0 Å². The molecule has 0 saturated heterocycles. The average Bonchev–Trinajstić information content (AvgIpc) is 2.95. The number of aromatic nitrogens is 2. The van der Waals surface area contributed by atoms with Crippen molar-refractivity contribution in [1.82, 2.24) is 10.1 Å². The van der Waals surface area contributed by atoms with Gasteiger partial charge in [0.2, 0.25) is 11.7 Å². The topological polar surface area (TPSA) is 74.2 Å². The molecule has 0 amide bonds. The largest absolute Gasteiger partial charge is 0.493 e. The second-order valence-corrected chi connectivity index (χ2v) is 5.45. The van der Waals surface area contributed by atoms with Crippen LogP contribution in [0, 0.1) is 5.92 Å². The lowest BCUT2D eigenvalue weighted by atomic mass is 9.97. The molecule has 1 atom stereocenters. The van der Waals surface area contributed by atoms with E-state index in [2.05, 4.69) is 24.0 Å². The molecule has 1 aromatic heterocycles. The van der Waals surface area contributed by atoms with Gasteiger partial charge in [-0.1, -0.05) is 31.1 Å². The van der Waals surface area contributed by atoms with Crippen LogP contribution in [0.25, 0.3) is 11.4 Å². The highest BCUT2D eigenvalue weighted by Gasteiger charge is 2.20. The van der Waals surface area contributed by atoms with Crippen LogP contribution < -0.4 is 10.5 Å². The van der Waals surface area contributed by atoms with Crippen LogP contribution in [0.5, 0.6) is 5.75 Å². The molecule has 0 bridgehead atoms. The van der Waals surface area contributed by atoms with Gasteiger partial charge >= 0.3 is 0 Å². The SMILES string of the molecule is CCOc1ccccc1-c1noc(C(CN)CC(C)C)n1. The van der Waals surface area contributed by atoms with Crippen LogP contribution in [-0.2, 0) is 0 Å². The number of hydrogen-bond donors (Lipinski definition) is 1. The van der Waals surface area contributed by atoms with E-state index in [4.69, 9.17) is 15.0 Å². The van der Waals surface area contributed by atoms with Crippen molar-refractivity contribution in [2.45, 2.75) is 33.1 Å². The van der Waals surface area contributed by atoms with E-state index in [-0.39, 0.29) is 5.92 Å². The first-order valence-corrected chi connectivity index (χ1v) is 7.41. The fraction of sp³-hybridized carbons (Fsp3) is 0.500. The lowest BCUT2D eigenvalue weighted by Crippen LogP contribution is -2.15. The molecule has 0 aliphatic rings. The van der Waals surface area contributed by atoms with Crippen molar-refractivity contribution in [3.8, 4) is 17.1 Å². The van der Waals surface area contributed by atoms with E-state index in [1.165, 1.54) is 0 Å². The third-order valence-electron chi connectivity index (χ3n) is 3.26. The van der Waals surface area contributed by atoms with E-state index in [9.17, 15) is 0 Å². The fourth-order valence-electron chi connectivity index (χ4n) is 2.31. The molecule has 0 spiro atoms. The van der Waals surface area contributed by atoms with Crippen LogP contribution in [0.2, 0.25) is 0 Å². The summed E-state index contributed by atoms with van der Waals surface area (Å²) >= 11 is 0. The maximum atomic E-state index is 5.83. The Balaban J connectivity index is 2.27. The van der Waals surface area contributed by atoms with Gasteiger partial charge in [0.25, 0.3) is 0 Å². The summed E-state index contributed by atoms with van der Waals surface area (Å²) in [6.07, 6.45) is 0.936. The minimum atomic E-state index is 0.102. The minimum Gasteiger partial charge on any atom is -0.493 e. The zero-order valence-electron chi connectivity index (χ0n) is 12.9. The summed E-state index contributed by atoms with van der Waals surface area (Å²) in [7, 11) is 0. The number of rotatable bonds is 7. The Labute approximate surface area is 125 Å². The van der Waals surface area contributed by atoms with E-state index in [0.717, 1.165) is 17.7 Å². The predicted molar refractivity (Wildman–Crippen MR) is 82.2 cm³/mol. The molecule has 2 aromatic rings. The van der Waals surface area contributed by atoms with Crippen LogP contribution in [0.1, 0.15) is 39.0 Å². The van der Waals surface area contributed by atoms with Gasteiger partial charge in [-0.3, -0.25) is 0 Å². The van der Waals surface area contributed by atoms with Gasteiger partial charge in [0.1, 0.15) is 5.75 Å². The van der Waals surface area contributed by atoms with E-state index >= 15 is 0 Å². The molecule has 0 aliphatic carbocycles. The molecule has 0 saturated carbocycles. The number of para-hydroxylation sites is 1. The smallest absolute Gasteiger partial charge is 0.231 e. The first-order valence-electron chi connectivity index (χ1n) is 7.41. The van der Waals surface area contributed by atoms with Gasteiger partial charge < -0.3 is 15.0 Å². The number of nitrogens with two attached hydrogens (primary N) is 1. The Morgan fingerprint density at radius 1 is 1.29 bits per heavy atom. The van der Waals surface area contributed by atoms with E-state index in [1.54, 1.807) is 0 Å². The Hall–Kier alpha value is -1.88. The van der Waals surface area contributed by atoms with Gasteiger partial charge in [0.15, 0.2) is 0 Å². The summed E-state index contributed by atoms with van der Waals surface area (Å²) in [5.41, 5.74) is 6.67. The average molecular weight is 289 g/mol. The first-order chi connectivity index (χ1) is 10.2. The van der Waals surface area contributed by atoms with Crippen LogP contribution in [-0.4, -0.2) is 23.3 Å². The van der Waals surface area contributed by atoms with Crippen molar-refractivity contribution in [3.63, 3.8) is 0 Å². The number of nitrogens with zero attached hydrogens (tertiary/aromatic N) is 2. The van der Waals surface area contributed by atoms with E-state index in [1.807, 2.05) is 31.2 Å². The molecule has 2 N–H and O–H groups in total. The summed E-state index contributed by atoms with van der Waals surface area (Å²) in [4.78, 5) is 4.51. The lowest BCUT2D eigenvalue weighted by Gasteiger charge is -2.12. The number of ether oxygens (including phenoxy) is 1. The molecule has 0 aliphatic heterocycles. The summed E-state index contributed by atoms with van der Waals surface area (Å²) in [6.45, 7) is 7.37. The van der Waals surface area contributed by atoms with Crippen LogP contribution in [0.4, 0.5) is 0 Å². The minimum absolute atomic E-state index is 0.102. The molecule has 5 heteroatoms. The van der Waals surface area contributed by atoms with Gasteiger partial charge in [-0.25, -0.2) is 0 Å². The van der Waals surface area contributed by atoms with Crippen LogP contribution in [0.15, 0.2) is 28.8 Å². The molecule has 1 aromatic carbocycles. The van der Waals surface area contributed by atoms with Crippen molar-refractivity contribution < 1.29 is 9.26 Å². The predicted octanol–water partition coefficient (Wildman–Crippen LogP) is 3.22. The lowest BCUT2D eigenvalue weighted by molar-refractivity contribution is 0.333. The zero-order chi connectivity index (χ0) is 15.2. The maximum Gasteiger partial charge on any atom is 0.231 e. The third kappa shape index (κ3) is 3.82. The molecule has 114 valence electrons. The van der Waals surface area contributed by atoms with Crippen molar-refractivity contribution in [2.75, 3.05) is 13.2 Å². The summed E-state index contributed by atoms with van der Waals surface area (Å²) < 4.78 is 11.0. The van der Waals surface area contributed by atoms with Crippen LogP contribution >= 0.6 is 0 Å². The van der Waals surface area contributed by atoms with Crippen molar-refractivity contribution in [2.24, 2.45) is 11.7 Å². The summed E-state index contributed by atoms with van der Waals surface area (Å²) in [5.74, 6) is 2.55. The third-order valence-corrected chi connectivity index (χ3v) is 3.26. The fourth-order valence-corrected chi connectivity index (χ4v) is 2.31. The first kappa shape index (κ1) is 15.5. The quantitative estimate of drug-likeness (QED) is 0.847. The number of benzene rings is 1. The van der Waals surface area contributed by atoms with Gasteiger partial charge in [-0.05, 0) is 31.4 Å². The standard InChI is InChI=1S/C16H23N3O2/c1-4-20-14-8-6-5-7-13(14)15-18-16(21-19-15)12(10-17)9-11(2)3/h5-8,11-12H,4,9-10,17H2,1-3H3. The van der Waals surface area contributed by atoms with E-state index in [0.29, 0.717) is 30.8 Å². The monoisotopic (exact) mass is 289 g/mol. The second-order valence-electron chi connectivity index (χ2n) is 5.45. The Kier molecular flexibility index (Phi) is 5.33. The van der Waals surface area contributed by atoms with Gasteiger partial charge in [0, 0.05) is 6.54 Å². The molecule has 0 fully saturated rings. The Bertz CT molecular complexity index is 566. The molecular formula is C16H23N3O2. The molecule has 1 heterocycles. The molecule has 21 heavy (non-hydrogen) atoms. The Morgan fingerprint density at radius 3 is 2.71 bits per heavy atom. The van der Waals surface area contributed by atoms with Crippen molar-refractivity contribution in [3.05, 3.63) is 30.2 Å². The highest BCUT2D eigenvalue weighted by atomic mass is 16.5. The molecular weight excluding hydrogens is 266 g/mol.